The van der Waals surface area contributed by atoms with E-state index in [0.717, 1.165) is 13.0 Å². The molecule has 2 unspecified atom stereocenters. The molecule has 0 aliphatic carbocycles. The van der Waals surface area contributed by atoms with E-state index in [1.54, 1.807) is 0 Å². The Bertz CT molecular complexity index is 543. The molecule has 2 atom stereocenters. The van der Waals surface area contributed by atoms with Gasteiger partial charge in [0.15, 0.2) is 0 Å². The number of hydrogen-bond acceptors (Lipinski definition) is 2. The molecule has 0 radical (unpaired) electrons. The number of benzene rings is 1. The molecule has 0 spiro atoms. The van der Waals surface area contributed by atoms with E-state index >= 15 is 0 Å². The number of nitrogens with zero attached hydrogens (tertiary/aromatic N) is 1. The van der Waals surface area contributed by atoms with Crippen molar-refractivity contribution >= 4 is 0 Å². The maximum Gasteiger partial charge on any atom is 0.0387 e. The predicted octanol–water partition coefficient (Wildman–Crippen LogP) is 4.54. The maximum absolute atomic E-state index is 4.13. The highest BCUT2D eigenvalue weighted by Gasteiger charge is 2.20. The quantitative estimate of drug-likeness (QED) is 0.841. The topological polar surface area (TPSA) is 24.9 Å². The highest BCUT2D eigenvalue weighted by atomic mass is 14.9. The summed E-state index contributed by atoms with van der Waals surface area (Å²) in [4.78, 5) is 4.13. The van der Waals surface area contributed by atoms with Crippen molar-refractivity contribution in [3.05, 3.63) is 65.0 Å². The average molecular weight is 282 g/mol. The monoisotopic (exact) mass is 282 g/mol. The Kier molecular flexibility index (Phi) is 5.51. The maximum atomic E-state index is 4.13. The Hall–Kier alpha value is -1.67. The van der Waals surface area contributed by atoms with E-state index in [9.17, 15) is 0 Å². The summed E-state index contributed by atoms with van der Waals surface area (Å²) >= 11 is 0. The molecule has 0 fully saturated rings. The SMILES string of the molecule is CCCNC(c1cc(C)cc(C)c1)C(C)c1ccncc1. The van der Waals surface area contributed by atoms with Crippen LogP contribution < -0.4 is 5.32 Å². The lowest BCUT2D eigenvalue weighted by Gasteiger charge is -2.27. The van der Waals surface area contributed by atoms with E-state index in [2.05, 4.69) is 68.3 Å². The van der Waals surface area contributed by atoms with Crippen LogP contribution in [0.3, 0.4) is 0 Å². The first kappa shape index (κ1) is 15.7. The van der Waals surface area contributed by atoms with Gasteiger partial charge in [0.25, 0.3) is 0 Å². The number of nitrogens with one attached hydrogen (secondary N) is 1. The number of aryl methyl sites for hydroxylation is 2. The molecule has 0 aliphatic rings. The molecule has 1 aromatic carbocycles. The van der Waals surface area contributed by atoms with Gasteiger partial charge in [-0.2, -0.15) is 0 Å². The molecule has 2 heteroatoms. The number of aromatic nitrogens is 1. The first-order chi connectivity index (χ1) is 10.1. The Labute approximate surface area is 128 Å². The van der Waals surface area contributed by atoms with Gasteiger partial charge >= 0.3 is 0 Å². The van der Waals surface area contributed by atoms with Crippen LogP contribution >= 0.6 is 0 Å². The van der Waals surface area contributed by atoms with Crippen LogP contribution in [0, 0.1) is 13.8 Å². The molecule has 2 aromatic rings. The summed E-state index contributed by atoms with van der Waals surface area (Å²) < 4.78 is 0. The third-order valence-electron chi connectivity index (χ3n) is 3.95. The van der Waals surface area contributed by atoms with E-state index in [4.69, 9.17) is 0 Å². The summed E-state index contributed by atoms with van der Waals surface area (Å²) in [5.74, 6) is 0.417. The summed E-state index contributed by atoms with van der Waals surface area (Å²) in [5.41, 5.74) is 5.37. The molecule has 0 bridgehead atoms. The Morgan fingerprint density at radius 1 is 1.00 bits per heavy atom. The number of pyridine rings is 1. The Morgan fingerprint density at radius 3 is 2.19 bits per heavy atom. The van der Waals surface area contributed by atoms with Crippen LogP contribution in [0.25, 0.3) is 0 Å². The zero-order chi connectivity index (χ0) is 15.2. The number of hydrogen-bond donors (Lipinski definition) is 1. The normalized spacial score (nSPS) is 13.9. The molecule has 0 aliphatic heterocycles. The minimum atomic E-state index is 0.339. The van der Waals surface area contributed by atoms with Crippen molar-refractivity contribution in [2.24, 2.45) is 0 Å². The molecule has 21 heavy (non-hydrogen) atoms. The molecule has 0 saturated heterocycles. The summed E-state index contributed by atoms with van der Waals surface area (Å²) in [5, 5.41) is 3.72. The summed E-state index contributed by atoms with van der Waals surface area (Å²) in [6.45, 7) is 9.88. The average Bonchev–Trinajstić information content (AvgIpc) is 2.47. The number of rotatable bonds is 6. The van der Waals surface area contributed by atoms with Crippen LogP contribution in [-0.4, -0.2) is 11.5 Å². The largest absolute Gasteiger partial charge is 0.309 e. The standard InChI is InChI=1S/C19H26N2/c1-5-8-21-19(16(4)17-6-9-20-10-7-17)18-12-14(2)11-15(3)13-18/h6-7,9-13,16,19,21H,5,8H2,1-4H3. The van der Waals surface area contributed by atoms with Gasteiger partial charge in [-0.05, 0) is 50.1 Å². The Balaban J connectivity index is 2.33. The molecule has 1 heterocycles. The van der Waals surface area contributed by atoms with Crippen molar-refractivity contribution in [2.75, 3.05) is 6.54 Å². The van der Waals surface area contributed by atoms with Gasteiger partial charge in [0.05, 0.1) is 0 Å². The molecule has 112 valence electrons. The van der Waals surface area contributed by atoms with Gasteiger partial charge in [-0.15, -0.1) is 0 Å². The van der Waals surface area contributed by atoms with Crippen molar-refractivity contribution in [2.45, 2.75) is 46.1 Å². The van der Waals surface area contributed by atoms with Crippen LogP contribution in [0.1, 0.15) is 54.5 Å². The molecular formula is C19H26N2. The van der Waals surface area contributed by atoms with Gasteiger partial charge in [-0.25, -0.2) is 0 Å². The van der Waals surface area contributed by atoms with Crippen molar-refractivity contribution in [3.8, 4) is 0 Å². The fourth-order valence-corrected chi connectivity index (χ4v) is 2.93. The van der Waals surface area contributed by atoms with Crippen molar-refractivity contribution in [1.29, 1.82) is 0 Å². The van der Waals surface area contributed by atoms with E-state index in [-0.39, 0.29) is 0 Å². The van der Waals surface area contributed by atoms with Crippen LogP contribution in [-0.2, 0) is 0 Å². The third kappa shape index (κ3) is 4.15. The highest BCUT2D eigenvalue weighted by molar-refractivity contribution is 5.33. The molecule has 0 amide bonds. The first-order valence-corrected chi connectivity index (χ1v) is 7.83. The second-order valence-corrected chi connectivity index (χ2v) is 5.92. The second-order valence-electron chi connectivity index (χ2n) is 5.92. The van der Waals surface area contributed by atoms with Gasteiger partial charge in [-0.3, -0.25) is 4.98 Å². The second kappa shape index (κ2) is 7.37. The summed E-state index contributed by atoms with van der Waals surface area (Å²) in [6.07, 6.45) is 4.90. The summed E-state index contributed by atoms with van der Waals surface area (Å²) in [7, 11) is 0. The zero-order valence-corrected chi connectivity index (χ0v) is 13.6. The zero-order valence-electron chi connectivity index (χ0n) is 13.6. The van der Waals surface area contributed by atoms with E-state index in [1.807, 2.05) is 12.4 Å². The molecular weight excluding hydrogens is 256 g/mol. The van der Waals surface area contributed by atoms with Crippen molar-refractivity contribution < 1.29 is 0 Å². The van der Waals surface area contributed by atoms with E-state index in [1.165, 1.54) is 22.3 Å². The molecule has 2 nitrogen and oxygen atoms in total. The predicted molar refractivity (Wildman–Crippen MR) is 89.6 cm³/mol. The summed E-state index contributed by atoms with van der Waals surface area (Å²) in [6, 6.07) is 11.4. The van der Waals surface area contributed by atoms with Gasteiger partial charge in [0, 0.05) is 24.4 Å². The van der Waals surface area contributed by atoms with Crippen LogP contribution in [0.15, 0.2) is 42.7 Å². The fourth-order valence-electron chi connectivity index (χ4n) is 2.93. The smallest absolute Gasteiger partial charge is 0.0387 e. The highest BCUT2D eigenvalue weighted by Crippen LogP contribution is 2.31. The molecule has 0 saturated carbocycles. The lowest BCUT2D eigenvalue weighted by Crippen LogP contribution is -2.27. The van der Waals surface area contributed by atoms with Crippen molar-refractivity contribution in [1.82, 2.24) is 10.3 Å². The molecule has 1 N–H and O–H groups in total. The molecule has 2 rings (SSSR count). The minimum absolute atomic E-state index is 0.339. The van der Waals surface area contributed by atoms with Crippen LogP contribution in [0.2, 0.25) is 0 Å². The van der Waals surface area contributed by atoms with Gasteiger partial charge in [0.1, 0.15) is 0 Å². The van der Waals surface area contributed by atoms with Gasteiger partial charge < -0.3 is 5.32 Å². The lowest BCUT2D eigenvalue weighted by molar-refractivity contribution is 0.466. The van der Waals surface area contributed by atoms with Crippen molar-refractivity contribution in [3.63, 3.8) is 0 Å². The third-order valence-corrected chi connectivity index (χ3v) is 3.95. The van der Waals surface area contributed by atoms with E-state index < -0.39 is 0 Å². The first-order valence-electron chi connectivity index (χ1n) is 7.83. The van der Waals surface area contributed by atoms with Gasteiger partial charge in [0.2, 0.25) is 0 Å². The van der Waals surface area contributed by atoms with E-state index in [0.29, 0.717) is 12.0 Å². The fraction of sp³-hybridized carbons (Fsp3) is 0.421. The molecule has 1 aromatic heterocycles. The van der Waals surface area contributed by atoms with Crippen LogP contribution in [0.4, 0.5) is 0 Å². The minimum Gasteiger partial charge on any atom is -0.309 e. The van der Waals surface area contributed by atoms with Gasteiger partial charge in [-0.1, -0.05) is 43.2 Å². The lowest BCUT2D eigenvalue weighted by atomic mass is 9.87. The van der Waals surface area contributed by atoms with Crippen LogP contribution in [0.5, 0.6) is 0 Å². The Morgan fingerprint density at radius 2 is 1.62 bits per heavy atom.